The van der Waals surface area contributed by atoms with Gasteiger partial charge in [0, 0.05) is 59.6 Å². The Labute approximate surface area is 226 Å². The van der Waals surface area contributed by atoms with Gasteiger partial charge >= 0.3 is 0 Å². The average Bonchev–Trinajstić information content (AvgIpc) is 3.26. The number of piperazine rings is 1. The van der Waals surface area contributed by atoms with Gasteiger partial charge in [0.25, 0.3) is 17.5 Å². The monoisotopic (exact) mass is 554 g/mol. The fourth-order valence-electron chi connectivity index (χ4n) is 4.25. The average molecular weight is 555 g/mol. The van der Waals surface area contributed by atoms with Crippen molar-refractivity contribution in [1.82, 2.24) is 4.90 Å². The minimum atomic E-state index is -0.483. The largest absolute Gasteiger partial charge is 0.368 e. The van der Waals surface area contributed by atoms with E-state index >= 15 is 0 Å². The number of nitrogens with one attached hydrogen (secondary N) is 1. The van der Waals surface area contributed by atoms with Gasteiger partial charge in [0.2, 0.25) is 0 Å². The van der Waals surface area contributed by atoms with Crippen molar-refractivity contribution in [3.05, 3.63) is 97.3 Å². The van der Waals surface area contributed by atoms with Crippen LogP contribution in [0.4, 0.5) is 17.1 Å². The molecule has 0 bridgehead atoms. The van der Waals surface area contributed by atoms with Crippen molar-refractivity contribution < 1.29 is 14.5 Å². The first-order valence-corrected chi connectivity index (χ1v) is 13.0. The third-order valence-electron chi connectivity index (χ3n) is 6.19. The number of amides is 2. The van der Waals surface area contributed by atoms with Crippen LogP contribution in [0.3, 0.4) is 0 Å². The molecule has 37 heavy (non-hydrogen) atoms. The molecule has 1 N–H and O–H groups in total. The van der Waals surface area contributed by atoms with Crippen LogP contribution >= 0.6 is 34.5 Å². The summed E-state index contributed by atoms with van der Waals surface area (Å²) in [6, 6.07) is 18.9. The first-order chi connectivity index (χ1) is 17.8. The third-order valence-corrected chi connectivity index (χ3v) is 8.17. The second-order valence-electron chi connectivity index (χ2n) is 8.44. The normalized spacial score (nSPS) is 13.6. The van der Waals surface area contributed by atoms with E-state index in [1.165, 1.54) is 6.07 Å². The van der Waals surface area contributed by atoms with Crippen LogP contribution in [0.25, 0.3) is 10.1 Å². The minimum absolute atomic E-state index is 0.0143. The highest BCUT2D eigenvalue weighted by Gasteiger charge is 2.24. The number of rotatable bonds is 5. The molecule has 11 heteroatoms. The Kier molecular flexibility index (Phi) is 7.01. The minimum Gasteiger partial charge on any atom is -0.368 e. The highest BCUT2D eigenvalue weighted by molar-refractivity contribution is 7.22. The lowest BCUT2D eigenvalue weighted by Gasteiger charge is -2.36. The zero-order chi connectivity index (χ0) is 26.1. The lowest BCUT2D eigenvalue weighted by molar-refractivity contribution is -0.382. The van der Waals surface area contributed by atoms with Gasteiger partial charge in [0.15, 0.2) is 0 Å². The van der Waals surface area contributed by atoms with E-state index in [0.29, 0.717) is 52.5 Å². The Morgan fingerprint density at radius 2 is 1.59 bits per heavy atom. The van der Waals surface area contributed by atoms with Crippen LogP contribution in [-0.2, 0) is 0 Å². The topological polar surface area (TPSA) is 95.8 Å². The smallest absolute Gasteiger partial charge is 0.287 e. The zero-order valence-electron chi connectivity index (χ0n) is 19.3. The van der Waals surface area contributed by atoms with Gasteiger partial charge < -0.3 is 15.1 Å². The van der Waals surface area contributed by atoms with E-state index in [1.807, 2.05) is 17.0 Å². The maximum absolute atomic E-state index is 12.9. The number of nitrogens with zero attached hydrogens (tertiary/aromatic N) is 3. The molecule has 2 heterocycles. The molecular formula is C26H20Cl2N4O4S. The van der Waals surface area contributed by atoms with Crippen molar-refractivity contribution in [1.29, 1.82) is 0 Å². The van der Waals surface area contributed by atoms with Crippen LogP contribution in [0.5, 0.6) is 0 Å². The molecule has 0 unspecified atom stereocenters. The zero-order valence-corrected chi connectivity index (χ0v) is 21.6. The van der Waals surface area contributed by atoms with Gasteiger partial charge in [-0.2, -0.15) is 0 Å². The Morgan fingerprint density at radius 3 is 2.24 bits per heavy atom. The lowest BCUT2D eigenvalue weighted by Crippen LogP contribution is -2.48. The summed E-state index contributed by atoms with van der Waals surface area (Å²) >= 11 is 13.3. The summed E-state index contributed by atoms with van der Waals surface area (Å²) in [7, 11) is 0. The number of thiophene rings is 1. The van der Waals surface area contributed by atoms with Gasteiger partial charge in [-0.3, -0.25) is 19.7 Å². The summed E-state index contributed by atoms with van der Waals surface area (Å²) in [6.45, 7) is 2.55. The van der Waals surface area contributed by atoms with Gasteiger partial charge in [-0.25, -0.2) is 0 Å². The number of halogens is 2. The van der Waals surface area contributed by atoms with E-state index in [4.69, 9.17) is 23.2 Å². The van der Waals surface area contributed by atoms with E-state index in [1.54, 1.807) is 48.5 Å². The number of hydrogen-bond acceptors (Lipinski definition) is 6. The second kappa shape index (κ2) is 10.4. The summed E-state index contributed by atoms with van der Waals surface area (Å²) in [5, 5.41) is 15.4. The van der Waals surface area contributed by atoms with Crippen LogP contribution in [0.1, 0.15) is 20.0 Å². The molecule has 8 nitrogen and oxygen atoms in total. The molecule has 1 saturated heterocycles. The van der Waals surface area contributed by atoms with Gasteiger partial charge in [-0.15, -0.1) is 11.3 Å². The maximum Gasteiger partial charge on any atom is 0.287 e. The highest BCUT2D eigenvalue weighted by Crippen LogP contribution is 2.40. The van der Waals surface area contributed by atoms with Crippen molar-refractivity contribution in [3.63, 3.8) is 0 Å². The SMILES string of the molecule is O=C(Nc1ccc(N2CCN(C(=O)c3ccc(Cl)cc3)CC2)cc1)c1sc2c([N+](=O)[O-])cccc2c1Cl. The Balaban J connectivity index is 1.22. The summed E-state index contributed by atoms with van der Waals surface area (Å²) in [4.78, 5) is 40.7. The lowest BCUT2D eigenvalue weighted by atomic mass is 10.1. The summed E-state index contributed by atoms with van der Waals surface area (Å²) in [5.41, 5.74) is 2.09. The van der Waals surface area contributed by atoms with Crippen LogP contribution < -0.4 is 10.2 Å². The molecular weight excluding hydrogens is 535 g/mol. The predicted molar refractivity (Wildman–Crippen MR) is 147 cm³/mol. The fourth-order valence-corrected chi connectivity index (χ4v) is 5.87. The number of nitro benzene ring substituents is 1. The number of carbonyl (C=O) groups is 2. The van der Waals surface area contributed by atoms with E-state index < -0.39 is 10.8 Å². The Hall–Kier alpha value is -3.66. The molecule has 2 amide bonds. The van der Waals surface area contributed by atoms with Crippen molar-refractivity contribution in [2.24, 2.45) is 0 Å². The van der Waals surface area contributed by atoms with Crippen LogP contribution in [0.2, 0.25) is 10.0 Å². The first-order valence-electron chi connectivity index (χ1n) is 11.4. The summed E-state index contributed by atoms with van der Waals surface area (Å²) < 4.78 is 0.367. The number of anilines is 2. The number of nitro groups is 1. The molecule has 0 atom stereocenters. The quantitative estimate of drug-likeness (QED) is 0.229. The summed E-state index contributed by atoms with van der Waals surface area (Å²) in [5.74, 6) is -0.442. The van der Waals surface area contributed by atoms with Crippen LogP contribution in [0.15, 0.2) is 66.7 Å². The number of benzene rings is 3. The number of fused-ring (bicyclic) bond motifs is 1. The molecule has 0 aliphatic carbocycles. The summed E-state index contributed by atoms with van der Waals surface area (Å²) in [6.07, 6.45) is 0. The second-order valence-corrected chi connectivity index (χ2v) is 10.3. The Morgan fingerprint density at radius 1 is 0.919 bits per heavy atom. The van der Waals surface area contributed by atoms with E-state index in [9.17, 15) is 19.7 Å². The van der Waals surface area contributed by atoms with E-state index in [-0.39, 0.29) is 21.5 Å². The van der Waals surface area contributed by atoms with Crippen LogP contribution in [0, 0.1) is 10.1 Å². The van der Waals surface area contributed by atoms with Crippen molar-refractivity contribution in [2.75, 3.05) is 36.4 Å². The van der Waals surface area contributed by atoms with E-state index in [0.717, 1.165) is 17.0 Å². The van der Waals surface area contributed by atoms with Crippen molar-refractivity contribution in [3.8, 4) is 0 Å². The number of hydrogen-bond donors (Lipinski definition) is 1. The number of non-ortho nitro benzene ring substituents is 1. The molecule has 0 spiro atoms. The first kappa shape index (κ1) is 25.0. The molecule has 3 aromatic carbocycles. The molecule has 4 aromatic rings. The van der Waals surface area contributed by atoms with Crippen molar-refractivity contribution in [2.45, 2.75) is 0 Å². The molecule has 0 saturated carbocycles. The third kappa shape index (κ3) is 5.11. The molecule has 1 fully saturated rings. The van der Waals surface area contributed by atoms with Crippen LogP contribution in [-0.4, -0.2) is 47.8 Å². The van der Waals surface area contributed by atoms with Gasteiger partial charge in [-0.05, 0) is 48.5 Å². The predicted octanol–water partition coefficient (Wildman–Crippen LogP) is 6.33. The standard InChI is InChI=1S/C26H20Cl2N4O4S/c27-17-6-4-16(5-7-17)26(34)31-14-12-30(13-15-31)19-10-8-18(9-11-19)29-25(33)24-22(28)20-2-1-3-21(32(35)36)23(20)37-24/h1-11H,12-15H2,(H,29,33). The van der Waals surface area contributed by atoms with Crippen molar-refractivity contribution >= 4 is 73.5 Å². The maximum atomic E-state index is 12.9. The molecule has 0 radical (unpaired) electrons. The van der Waals surface area contributed by atoms with Gasteiger partial charge in [-0.1, -0.05) is 35.3 Å². The van der Waals surface area contributed by atoms with Gasteiger partial charge in [0.05, 0.1) is 9.95 Å². The highest BCUT2D eigenvalue weighted by atomic mass is 35.5. The molecule has 5 rings (SSSR count). The Bertz CT molecular complexity index is 1500. The van der Waals surface area contributed by atoms with Gasteiger partial charge in [0.1, 0.15) is 9.58 Å². The molecule has 1 aliphatic heterocycles. The molecule has 1 aliphatic rings. The van der Waals surface area contributed by atoms with E-state index in [2.05, 4.69) is 10.2 Å². The fraction of sp³-hybridized carbons (Fsp3) is 0.154. The molecule has 188 valence electrons. The molecule has 1 aromatic heterocycles. The number of carbonyl (C=O) groups excluding carboxylic acids is 2.